The first kappa shape index (κ1) is 16.4. The number of aromatic nitrogens is 1. The van der Waals surface area contributed by atoms with Crippen LogP contribution in [0.2, 0.25) is 0 Å². The summed E-state index contributed by atoms with van der Waals surface area (Å²) >= 11 is 0. The second kappa shape index (κ2) is 7.44. The van der Waals surface area contributed by atoms with Crippen molar-refractivity contribution in [3.05, 3.63) is 94.3 Å². The van der Waals surface area contributed by atoms with E-state index in [4.69, 9.17) is 0 Å². The van der Waals surface area contributed by atoms with Gasteiger partial charge in [0.25, 0.3) is 11.6 Å². The predicted molar refractivity (Wildman–Crippen MR) is 94.9 cm³/mol. The van der Waals surface area contributed by atoms with E-state index in [1.165, 1.54) is 12.1 Å². The number of amides is 1. The molecular weight excluding hydrogens is 318 g/mol. The van der Waals surface area contributed by atoms with Crippen LogP contribution in [0.3, 0.4) is 0 Å². The van der Waals surface area contributed by atoms with Gasteiger partial charge in [0.2, 0.25) is 0 Å². The lowest BCUT2D eigenvalue weighted by Crippen LogP contribution is -2.25. The van der Waals surface area contributed by atoms with E-state index < -0.39 is 4.92 Å². The molecule has 0 unspecified atom stereocenters. The number of carbonyl (C=O) groups is 1. The second-order valence-corrected chi connectivity index (χ2v) is 5.57. The van der Waals surface area contributed by atoms with E-state index in [1.807, 2.05) is 47.3 Å². The van der Waals surface area contributed by atoms with E-state index in [0.29, 0.717) is 18.5 Å². The summed E-state index contributed by atoms with van der Waals surface area (Å²) in [6.45, 7) is 0.463. The average molecular weight is 335 g/mol. The minimum Gasteiger partial charge on any atom is -0.352 e. The summed E-state index contributed by atoms with van der Waals surface area (Å²) in [4.78, 5) is 22.5. The van der Waals surface area contributed by atoms with Gasteiger partial charge in [-0.2, -0.15) is 0 Å². The average Bonchev–Trinajstić information content (AvgIpc) is 3.17. The lowest BCUT2D eigenvalue weighted by Gasteiger charge is -2.08. The Morgan fingerprint density at radius 2 is 1.76 bits per heavy atom. The molecule has 126 valence electrons. The van der Waals surface area contributed by atoms with E-state index in [-0.39, 0.29) is 11.6 Å². The first-order valence-corrected chi connectivity index (χ1v) is 7.88. The molecule has 25 heavy (non-hydrogen) atoms. The molecule has 0 aliphatic carbocycles. The smallest absolute Gasteiger partial charge is 0.269 e. The molecular formula is C19H17N3O3. The highest BCUT2D eigenvalue weighted by molar-refractivity contribution is 5.94. The zero-order chi connectivity index (χ0) is 17.6. The van der Waals surface area contributed by atoms with Crippen LogP contribution in [0, 0.1) is 10.1 Å². The van der Waals surface area contributed by atoms with Crippen LogP contribution in [0.1, 0.15) is 15.9 Å². The normalized spacial score (nSPS) is 10.4. The standard InChI is InChI=1S/C19H17N3O3/c23-19(16-4-3-5-18(14-16)21-12-1-2-13-21)20-11-10-15-6-8-17(9-7-15)22(24)25/h1-9,12-14H,10-11H2,(H,20,23). The summed E-state index contributed by atoms with van der Waals surface area (Å²) in [5, 5.41) is 13.5. The third kappa shape index (κ3) is 4.11. The van der Waals surface area contributed by atoms with E-state index >= 15 is 0 Å². The second-order valence-electron chi connectivity index (χ2n) is 5.57. The summed E-state index contributed by atoms with van der Waals surface area (Å²) in [7, 11) is 0. The van der Waals surface area contributed by atoms with Gasteiger partial charge < -0.3 is 9.88 Å². The van der Waals surface area contributed by atoms with Crippen molar-refractivity contribution >= 4 is 11.6 Å². The fourth-order valence-corrected chi connectivity index (χ4v) is 2.52. The summed E-state index contributed by atoms with van der Waals surface area (Å²) in [5.74, 6) is -0.143. The Bertz CT molecular complexity index is 871. The van der Waals surface area contributed by atoms with Gasteiger partial charge in [-0.1, -0.05) is 18.2 Å². The number of rotatable bonds is 6. The van der Waals surface area contributed by atoms with Crippen molar-refractivity contribution in [2.45, 2.75) is 6.42 Å². The number of carbonyl (C=O) groups excluding carboxylic acids is 1. The monoisotopic (exact) mass is 335 g/mol. The topological polar surface area (TPSA) is 77.2 Å². The number of non-ortho nitro benzene ring substituents is 1. The van der Waals surface area contributed by atoms with Crippen molar-refractivity contribution in [3.63, 3.8) is 0 Å². The van der Waals surface area contributed by atoms with Gasteiger partial charge in [-0.05, 0) is 42.3 Å². The van der Waals surface area contributed by atoms with E-state index in [1.54, 1.807) is 18.2 Å². The molecule has 0 spiro atoms. The maximum absolute atomic E-state index is 12.3. The number of nitrogens with one attached hydrogen (secondary N) is 1. The summed E-state index contributed by atoms with van der Waals surface area (Å²) in [5.41, 5.74) is 2.52. The number of nitro groups is 1. The van der Waals surface area contributed by atoms with Crippen LogP contribution in [-0.2, 0) is 6.42 Å². The molecule has 1 amide bonds. The zero-order valence-corrected chi connectivity index (χ0v) is 13.5. The van der Waals surface area contributed by atoms with E-state index in [2.05, 4.69) is 5.32 Å². The number of nitrogens with zero attached hydrogens (tertiary/aromatic N) is 2. The molecule has 3 rings (SSSR count). The molecule has 0 fully saturated rings. The molecule has 2 aromatic carbocycles. The largest absolute Gasteiger partial charge is 0.352 e. The van der Waals surface area contributed by atoms with Gasteiger partial charge in [0, 0.05) is 42.3 Å². The lowest BCUT2D eigenvalue weighted by molar-refractivity contribution is -0.384. The Morgan fingerprint density at radius 1 is 1.04 bits per heavy atom. The SMILES string of the molecule is O=C(NCCc1ccc([N+](=O)[O-])cc1)c1cccc(-n2cccc2)c1. The first-order valence-electron chi connectivity index (χ1n) is 7.88. The lowest BCUT2D eigenvalue weighted by atomic mass is 10.1. The summed E-state index contributed by atoms with van der Waals surface area (Å²) < 4.78 is 1.94. The van der Waals surface area contributed by atoms with Gasteiger partial charge in [0.1, 0.15) is 0 Å². The Hall–Kier alpha value is -3.41. The highest BCUT2D eigenvalue weighted by atomic mass is 16.6. The Balaban J connectivity index is 1.57. The fraction of sp³-hybridized carbons (Fsp3) is 0.105. The summed E-state index contributed by atoms with van der Waals surface area (Å²) in [6.07, 6.45) is 4.46. The highest BCUT2D eigenvalue weighted by Crippen LogP contribution is 2.13. The van der Waals surface area contributed by atoms with Crippen molar-refractivity contribution < 1.29 is 9.72 Å². The van der Waals surface area contributed by atoms with Crippen molar-refractivity contribution in [1.82, 2.24) is 9.88 Å². The van der Waals surface area contributed by atoms with Gasteiger partial charge in [0.15, 0.2) is 0 Å². The van der Waals surface area contributed by atoms with E-state index in [9.17, 15) is 14.9 Å². The molecule has 1 N–H and O–H groups in total. The maximum atomic E-state index is 12.3. The molecule has 6 heteroatoms. The van der Waals surface area contributed by atoms with Gasteiger partial charge in [0.05, 0.1) is 4.92 Å². The Kier molecular flexibility index (Phi) is 4.89. The van der Waals surface area contributed by atoms with Crippen LogP contribution in [-0.4, -0.2) is 21.9 Å². The minimum atomic E-state index is -0.427. The molecule has 6 nitrogen and oxygen atoms in total. The molecule has 0 saturated carbocycles. The van der Waals surface area contributed by atoms with Gasteiger partial charge in [-0.3, -0.25) is 14.9 Å². The van der Waals surface area contributed by atoms with Crippen molar-refractivity contribution in [2.24, 2.45) is 0 Å². The first-order chi connectivity index (χ1) is 12.1. The number of hydrogen-bond donors (Lipinski definition) is 1. The van der Waals surface area contributed by atoms with E-state index in [0.717, 1.165) is 11.3 Å². The minimum absolute atomic E-state index is 0.0645. The van der Waals surface area contributed by atoms with Crippen LogP contribution in [0.15, 0.2) is 73.1 Å². The molecule has 1 heterocycles. The zero-order valence-electron chi connectivity index (χ0n) is 13.5. The van der Waals surface area contributed by atoms with Crippen LogP contribution in [0.25, 0.3) is 5.69 Å². The van der Waals surface area contributed by atoms with Crippen molar-refractivity contribution in [3.8, 4) is 5.69 Å². The maximum Gasteiger partial charge on any atom is 0.269 e. The van der Waals surface area contributed by atoms with Gasteiger partial charge >= 0.3 is 0 Å². The third-order valence-electron chi connectivity index (χ3n) is 3.86. The number of hydrogen-bond acceptors (Lipinski definition) is 3. The number of nitro benzene ring substituents is 1. The van der Waals surface area contributed by atoms with Crippen LogP contribution >= 0.6 is 0 Å². The van der Waals surface area contributed by atoms with Crippen LogP contribution in [0.5, 0.6) is 0 Å². The molecule has 0 atom stereocenters. The highest BCUT2D eigenvalue weighted by Gasteiger charge is 2.07. The molecule has 3 aromatic rings. The molecule has 0 aliphatic heterocycles. The Morgan fingerprint density at radius 3 is 2.44 bits per heavy atom. The van der Waals surface area contributed by atoms with Crippen LogP contribution in [0.4, 0.5) is 5.69 Å². The quantitative estimate of drug-likeness (QED) is 0.554. The number of benzene rings is 2. The van der Waals surface area contributed by atoms with Crippen LogP contribution < -0.4 is 5.32 Å². The van der Waals surface area contributed by atoms with Gasteiger partial charge in [-0.25, -0.2) is 0 Å². The predicted octanol–water partition coefficient (Wildman–Crippen LogP) is 3.36. The molecule has 1 aromatic heterocycles. The fourth-order valence-electron chi connectivity index (χ4n) is 2.52. The van der Waals surface area contributed by atoms with Crippen molar-refractivity contribution in [2.75, 3.05) is 6.54 Å². The molecule has 0 aliphatic rings. The molecule has 0 radical (unpaired) electrons. The van der Waals surface area contributed by atoms with Gasteiger partial charge in [-0.15, -0.1) is 0 Å². The Labute approximate surface area is 144 Å². The third-order valence-corrected chi connectivity index (χ3v) is 3.86. The molecule has 0 saturated heterocycles. The summed E-state index contributed by atoms with van der Waals surface area (Å²) in [6, 6.07) is 17.6. The molecule has 0 bridgehead atoms. The van der Waals surface area contributed by atoms with Crippen molar-refractivity contribution in [1.29, 1.82) is 0 Å².